The van der Waals surface area contributed by atoms with E-state index < -0.39 is 60.5 Å². The van der Waals surface area contributed by atoms with Crippen molar-refractivity contribution in [1.29, 1.82) is 0 Å². The molecular formula is C23H28BrN4O11P. The van der Waals surface area contributed by atoms with Crippen molar-refractivity contribution in [3.8, 4) is 5.75 Å². The van der Waals surface area contributed by atoms with E-state index in [9.17, 15) is 34.2 Å². The van der Waals surface area contributed by atoms with Crippen LogP contribution in [-0.4, -0.2) is 56.5 Å². The van der Waals surface area contributed by atoms with E-state index in [4.69, 9.17) is 18.5 Å². The standard InChI is InChI=1S/C23H28BrN4O11P/c1-4-36-21(31)23(2,3)26-40(35,39-16-7-5-15(6-8-16)28(33)34)37-13-18-17(29)11-19(38-18)27-12-14(9-10-24)20(30)25-22(27)32/h5-10,12,17-19,29H,4,11,13H2,1-3H3,(H,26,35)(H,25,30,32)/t17?,18-,19-,40?/m1/s1. The van der Waals surface area contributed by atoms with Crippen LogP contribution in [0.2, 0.25) is 0 Å². The third-order valence-electron chi connectivity index (χ3n) is 5.64. The Morgan fingerprint density at radius 3 is 2.65 bits per heavy atom. The fraction of sp³-hybridized carbons (Fsp3) is 0.435. The van der Waals surface area contributed by atoms with Gasteiger partial charge >= 0.3 is 19.4 Å². The summed E-state index contributed by atoms with van der Waals surface area (Å²) >= 11 is 3.07. The number of carbonyl (C=O) groups excluding carboxylic acids is 1. The van der Waals surface area contributed by atoms with E-state index in [1.165, 1.54) is 43.2 Å². The molecule has 0 saturated carbocycles. The van der Waals surface area contributed by atoms with Crippen LogP contribution in [0, 0.1) is 10.1 Å². The predicted octanol–water partition coefficient (Wildman–Crippen LogP) is 2.59. The van der Waals surface area contributed by atoms with E-state index in [2.05, 4.69) is 26.0 Å². The Balaban J connectivity index is 1.82. The lowest BCUT2D eigenvalue weighted by Crippen LogP contribution is -2.47. The molecule has 0 aliphatic carbocycles. The maximum atomic E-state index is 13.8. The van der Waals surface area contributed by atoms with Crippen LogP contribution in [0.15, 0.2) is 45.0 Å². The number of halogens is 1. The summed E-state index contributed by atoms with van der Waals surface area (Å²) in [5, 5.41) is 24.1. The minimum absolute atomic E-state index is 0.0546. The first-order valence-electron chi connectivity index (χ1n) is 11.9. The number of non-ortho nitro benzene ring substituents is 1. The number of nitrogens with zero attached hydrogens (tertiary/aromatic N) is 2. The molecule has 1 saturated heterocycles. The number of hydrogen-bond acceptors (Lipinski definition) is 11. The number of rotatable bonds is 12. The van der Waals surface area contributed by atoms with Crippen LogP contribution in [-0.2, 0) is 23.4 Å². The number of esters is 1. The maximum absolute atomic E-state index is 13.8. The molecule has 0 bridgehead atoms. The molecule has 15 nitrogen and oxygen atoms in total. The number of benzene rings is 1. The van der Waals surface area contributed by atoms with Crippen LogP contribution in [0.25, 0.3) is 6.08 Å². The summed E-state index contributed by atoms with van der Waals surface area (Å²) in [4.78, 5) is 50.7. The van der Waals surface area contributed by atoms with Crippen LogP contribution in [0.5, 0.6) is 5.75 Å². The summed E-state index contributed by atoms with van der Waals surface area (Å²) in [6.07, 6.45) is -0.638. The Kier molecular flexibility index (Phi) is 10.2. The molecule has 0 amide bonds. The van der Waals surface area contributed by atoms with Crippen molar-refractivity contribution < 1.29 is 37.9 Å². The number of aromatic amines is 1. The van der Waals surface area contributed by atoms with Crippen molar-refractivity contribution in [2.75, 3.05) is 13.2 Å². The van der Waals surface area contributed by atoms with Crippen molar-refractivity contribution in [2.24, 2.45) is 0 Å². The fourth-order valence-electron chi connectivity index (χ4n) is 3.66. The first-order valence-corrected chi connectivity index (χ1v) is 14.4. The van der Waals surface area contributed by atoms with Gasteiger partial charge in [0.05, 0.1) is 29.8 Å². The summed E-state index contributed by atoms with van der Waals surface area (Å²) in [7, 11) is -4.42. The molecule has 1 aromatic heterocycles. The molecular weight excluding hydrogens is 619 g/mol. The molecule has 17 heteroatoms. The second kappa shape index (κ2) is 13.0. The van der Waals surface area contributed by atoms with Crippen LogP contribution >= 0.6 is 23.7 Å². The molecule has 3 rings (SSSR count). The SMILES string of the molecule is CCOC(=O)C(C)(C)NP(=O)(OC[C@H]1O[C@@H](n2cc(C=CBr)c(=O)[nH]c2=O)CC1O)Oc1ccc([N+](=O)[O-])cc1. The van der Waals surface area contributed by atoms with Gasteiger partial charge in [-0.3, -0.25) is 33.8 Å². The highest BCUT2D eigenvalue weighted by molar-refractivity contribution is 9.11. The zero-order chi connectivity index (χ0) is 29.7. The number of nitro groups is 1. The van der Waals surface area contributed by atoms with Gasteiger partial charge in [0.1, 0.15) is 23.6 Å². The van der Waals surface area contributed by atoms with Crippen molar-refractivity contribution in [3.63, 3.8) is 0 Å². The molecule has 218 valence electrons. The van der Waals surface area contributed by atoms with Gasteiger partial charge in [-0.1, -0.05) is 15.9 Å². The van der Waals surface area contributed by atoms with E-state index in [0.29, 0.717) is 0 Å². The monoisotopic (exact) mass is 646 g/mol. The van der Waals surface area contributed by atoms with Gasteiger partial charge < -0.3 is 19.1 Å². The normalized spacial score (nSPS) is 20.8. The van der Waals surface area contributed by atoms with Gasteiger partial charge in [0, 0.05) is 24.8 Å². The number of nitro benzene ring substituents is 1. The topological polar surface area (TPSA) is 201 Å². The average Bonchev–Trinajstić information content (AvgIpc) is 3.24. The van der Waals surface area contributed by atoms with Gasteiger partial charge in [-0.15, -0.1) is 0 Å². The van der Waals surface area contributed by atoms with Crippen LogP contribution in [0.4, 0.5) is 5.69 Å². The van der Waals surface area contributed by atoms with Gasteiger partial charge in [0.2, 0.25) is 0 Å². The van der Waals surface area contributed by atoms with Crippen molar-refractivity contribution in [1.82, 2.24) is 14.6 Å². The summed E-state index contributed by atoms with van der Waals surface area (Å²) < 4.78 is 36.8. The van der Waals surface area contributed by atoms with Gasteiger partial charge in [-0.05, 0) is 44.0 Å². The van der Waals surface area contributed by atoms with Crippen molar-refractivity contribution >= 4 is 41.4 Å². The Labute approximate surface area is 236 Å². The molecule has 3 N–H and O–H groups in total. The average molecular weight is 647 g/mol. The highest BCUT2D eigenvalue weighted by Gasteiger charge is 2.43. The number of hydrogen-bond donors (Lipinski definition) is 3. The molecule has 1 fully saturated rings. The molecule has 0 radical (unpaired) electrons. The molecule has 2 heterocycles. The Bertz CT molecular complexity index is 1420. The number of ether oxygens (including phenoxy) is 2. The van der Waals surface area contributed by atoms with Crippen LogP contribution < -0.4 is 20.9 Å². The van der Waals surface area contributed by atoms with Gasteiger partial charge in [0.15, 0.2) is 0 Å². The smallest absolute Gasteiger partial charge is 0.459 e. The molecule has 1 aliphatic heterocycles. The van der Waals surface area contributed by atoms with Gasteiger partial charge in [-0.2, -0.15) is 5.09 Å². The molecule has 2 unspecified atom stereocenters. The molecule has 2 aromatic rings. The summed E-state index contributed by atoms with van der Waals surface area (Å²) in [5.41, 5.74) is -3.02. The minimum Gasteiger partial charge on any atom is -0.465 e. The molecule has 4 atom stereocenters. The third-order valence-corrected chi connectivity index (χ3v) is 7.67. The lowest BCUT2D eigenvalue weighted by molar-refractivity contribution is -0.384. The van der Waals surface area contributed by atoms with Crippen molar-refractivity contribution in [2.45, 2.75) is 51.2 Å². The van der Waals surface area contributed by atoms with E-state index in [1.54, 1.807) is 6.92 Å². The number of aliphatic hydroxyl groups excluding tert-OH is 1. The Morgan fingerprint density at radius 2 is 2.05 bits per heavy atom. The van der Waals surface area contributed by atoms with Crippen LogP contribution in [0.1, 0.15) is 39.0 Å². The number of aliphatic hydroxyl groups is 1. The van der Waals surface area contributed by atoms with E-state index in [0.717, 1.165) is 16.7 Å². The number of aromatic nitrogens is 2. The lowest BCUT2D eigenvalue weighted by Gasteiger charge is -2.29. The summed E-state index contributed by atoms with van der Waals surface area (Å²) in [5.74, 6) is -0.826. The van der Waals surface area contributed by atoms with E-state index in [1.807, 2.05) is 0 Å². The van der Waals surface area contributed by atoms with Crippen LogP contribution in [0.3, 0.4) is 0 Å². The first kappa shape index (κ1) is 31.4. The summed E-state index contributed by atoms with van der Waals surface area (Å²) in [6.45, 7) is 3.91. The molecule has 0 spiro atoms. The molecule has 1 aromatic carbocycles. The highest BCUT2D eigenvalue weighted by Crippen LogP contribution is 2.47. The van der Waals surface area contributed by atoms with E-state index >= 15 is 0 Å². The minimum atomic E-state index is -4.42. The van der Waals surface area contributed by atoms with Gasteiger partial charge in [-0.25, -0.2) is 9.36 Å². The maximum Gasteiger partial charge on any atom is 0.459 e. The summed E-state index contributed by atoms with van der Waals surface area (Å²) in [6, 6.07) is 4.66. The second-order valence-corrected chi connectivity index (χ2v) is 11.3. The highest BCUT2D eigenvalue weighted by atomic mass is 79.9. The largest absolute Gasteiger partial charge is 0.465 e. The molecule has 1 aliphatic rings. The quantitative estimate of drug-likeness (QED) is 0.132. The third kappa shape index (κ3) is 7.74. The fourth-order valence-corrected chi connectivity index (χ4v) is 5.62. The zero-order valence-corrected chi connectivity index (χ0v) is 24.1. The second-order valence-electron chi connectivity index (χ2n) is 9.07. The van der Waals surface area contributed by atoms with Crippen molar-refractivity contribution in [3.05, 3.63) is 72.0 Å². The number of nitrogens with one attached hydrogen (secondary N) is 2. The Hall–Kier alpha value is -3.14. The number of H-pyrrole nitrogens is 1. The van der Waals surface area contributed by atoms with Gasteiger partial charge in [0.25, 0.3) is 11.2 Å². The molecule has 40 heavy (non-hydrogen) atoms. The Morgan fingerprint density at radius 1 is 1.38 bits per heavy atom. The first-order chi connectivity index (χ1) is 18.8. The zero-order valence-electron chi connectivity index (χ0n) is 21.6. The van der Waals surface area contributed by atoms with E-state index in [-0.39, 0.29) is 30.0 Å². The number of carbonyl (C=O) groups is 1. The predicted molar refractivity (Wildman–Crippen MR) is 145 cm³/mol. The lowest BCUT2D eigenvalue weighted by atomic mass is 10.1.